The minimum Gasteiger partial charge on any atom is -0.481 e. The number of carbonyl (C=O) groups is 2. The van der Waals surface area contributed by atoms with Crippen molar-refractivity contribution in [2.24, 2.45) is 0 Å². The summed E-state index contributed by atoms with van der Waals surface area (Å²) in [6.07, 6.45) is -0.341. The predicted octanol–water partition coefficient (Wildman–Crippen LogP) is 0.874. The average molecular weight is 226 g/mol. The normalized spacial score (nSPS) is 10.7. The van der Waals surface area contributed by atoms with Crippen molar-refractivity contribution in [3.8, 4) is 0 Å². The zero-order valence-corrected chi connectivity index (χ0v) is 9.16. The Balaban J connectivity index is 2.90. The summed E-state index contributed by atoms with van der Waals surface area (Å²) in [5.74, 6) is -1.38. The van der Waals surface area contributed by atoms with Gasteiger partial charge in [0.1, 0.15) is 5.69 Å². The van der Waals surface area contributed by atoms with Crippen LogP contribution < -0.4 is 5.69 Å². The zero-order chi connectivity index (χ0) is 12.3. The lowest BCUT2D eigenvalue weighted by Crippen LogP contribution is -2.08. The molecular weight excluding hydrogens is 212 g/mol. The summed E-state index contributed by atoms with van der Waals surface area (Å²) in [5.41, 5.74) is 0.281. The predicted molar refractivity (Wildman–Crippen MR) is 56.7 cm³/mol. The summed E-state index contributed by atoms with van der Waals surface area (Å²) in [6, 6.07) is 0. The molecule has 0 bridgehead atoms. The number of carboxylic acid groups (broad SMARTS) is 1. The van der Waals surface area contributed by atoms with Crippen LogP contribution in [0.4, 0.5) is 0 Å². The summed E-state index contributed by atoms with van der Waals surface area (Å²) < 4.78 is 0. The van der Waals surface area contributed by atoms with Gasteiger partial charge in [-0.25, -0.2) is 4.79 Å². The number of rotatable bonds is 5. The van der Waals surface area contributed by atoms with Crippen molar-refractivity contribution in [1.82, 2.24) is 9.97 Å². The van der Waals surface area contributed by atoms with Crippen LogP contribution in [0.15, 0.2) is 4.79 Å². The second-order valence-corrected chi connectivity index (χ2v) is 3.84. The Morgan fingerprint density at radius 3 is 2.38 bits per heavy atom. The summed E-state index contributed by atoms with van der Waals surface area (Å²) in [7, 11) is 0. The minimum atomic E-state index is -1.03. The van der Waals surface area contributed by atoms with Crippen LogP contribution in [-0.4, -0.2) is 26.8 Å². The fourth-order valence-electron chi connectivity index (χ4n) is 1.40. The maximum absolute atomic E-state index is 11.6. The van der Waals surface area contributed by atoms with Gasteiger partial charge in [-0.1, -0.05) is 13.8 Å². The number of aliphatic carboxylic acids is 1. The zero-order valence-electron chi connectivity index (χ0n) is 9.16. The molecule has 0 unspecified atom stereocenters. The van der Waals surface area contributed by atoms with Crippen molar-refractivity contribution < 1.29 is 14.7 Å². The molecule has 16 heavy (non-hydrogen) atoms. The third kappa shape index (κ3) is 2.82. The Hall–Kier alpha value is -1.85. The van der Waals surface area contributed by atoms with Gasteiger partial charge >= 0.3 is 11.7 Å². The lowest BCUT2D eigenvalue weighted by Gasteiger charge is -2.04. The molecule has 0 aromatic carbocycles. The molecule has 0 radical (unpaired) electrons. The first-order valence-corrected chi connectivity index (χ1v) is 4.99. The molecule has 6 nitrogen and oxygen atoms in total. The number of H-pyrrole nitrogens is 2. The van der Waals surface area contributed by atoms with Gasteiger partial charge in [-0.3, -0.25) is 9.59 Å². The Bertz CT molecular complexity index is 456. The van der Waals surface area contributed by atoms with Crippen LogP contribution >= 0.6 is 0 Å². The fourth-order valence-corrected chi connectivity index (χ4v) is 1.40. The van der Waals surface area contributed by atoms with E-state index in [1.54, 1.807) is 0 Å². The van der Waals surface area contributed by atoms with Crippen molar-refractivity contribution in [1.29, 1.82) is 0 Å². The lowest BCUT2D eigenvalue weighted by molar-refractivity contribution is -0.136. The smallest absolute Gasteiger partial charge is 0.323 e. The second kappa shape index (κ2) is 4.78. The van der Waals surface area contributed by atoms with Crippen molar-refractivity contribution in [3.63, 3.8) is 0 Å². The molecule has 88 valence electrons. The number of aromatic nitrogens is 2. The van der Waals surface area contributed by atoms with Gasteiger partial charge in [0.2, 0.25) is 0 Å². The molecule has 1 aromatic rings. The van der Waals surface area contributed by atoms with E-state index >= 15 is 0 Å². The van der Waals surface area contributed by atoms with Crippen molar-refractivity contribution >= 4 is 11.8 Å². The molecule has 0 aliphatic carbocycles. The number of aromatic amines is 2. The molecule has 0 aliphatic rings. The van der Waals surface area contributed by atoms with E-state index in [0.717, 1.165) is 0 Å². The standard InChI is InChI=1S/C10H14N2O4/c1-5(2)8-9(12-10(16)11-8)6(13)3-4-7(14)15/h5H,3-4H2,1-2H3,(H,14,15)(H2,11,12,16). The monoisotopic (exact) mass is 226 g/mol. The molecule has 0 spiro atoms. The molecule has 0 amide bonds. The highest BCUT2D eigenvalue weighted by molar-refractivity contribution is 5.96. The maximum atomic E-state index is 11.6. The number of Topliss-reactive ketones (excluding diaryl/α,β-unsaturated/α-hetero) is 1. The van der Waals surface area contributed by atoms with E-state index in [9.17, 15) is 14.4 Å². The van der Waals surface area contributed by atoms with Gasteiger partial charge in [-0.2, -0.15) is 0 Å². The molecule has 6 heteroatoms. The van der Waals surface area contributed by atoms with Gasteiger partial charge < -0.3 is 15.1 Å². The average Bonchev–Trinajstić information content (AvgIpc) is 2.56. The summed E-state index contributed by atoms with van der Waals surface area (Å²) in [6.45, 7) is 3.68. The lowest BCUT2D eigenvalue weighted by atomic mass is 10.0. The van der Waals surface area contributed by atoms with Crippen LogP contribution in [0.1, 0.15) is 48.8 Å². The fraction of sp³-hybridized carbons (Fsp3) is 0.500. The van der Waals surface area contributed by atoms with Gasteiger partial charge in [0.05, 0.1) is 6.42 Å². The number of carboxylic acids is 1. The topological polar surface area (TPSA) is 103 Å². The summed E-state index contributed by atoms with van der Waals surface area (Å²) >= 11 is 0. The van der Waals surface area contributed by atoms with Crippen LogP contribution in [0.3, 0.4) is 0 Å². The maximum Gasteiger partial charge on any atom is 0.323 e. The number of carbonyl (C=O) groups excluding carboxylic acids is 1. The molecule has 3 N–H and O–H groups in total. The SMILES string of the molecule is CC(C)c1[nH]c(=O)[nH]c1C(=O)CCC(=O)O. The van der Waals surface area contributed by atoms with Crippen LogP contribution in [0.2, 0.25) is 0 Å². The van der Waals surface area contributed by atoms with E-state index in [4.69, 9.17) is 5.11 Å². The first kappa shape index (κ1) is 12.2. The molecule has 1 heterocycles. The summed E-state index contributed by atoms with van der Waals surface area (Å²) in [4.78, 5) is 38.0. The number of hydrogen-bond donors (Lipinski definition) is 3. The third-order valence-electron chi connectivity index (χ3n) is 2.18. The Labute approximate surface area is 91.7 Å². The number of nitrogens with one attached hydrogen (secondary N) is 2. The highest BCUT2D eigenvalue weighted by Gasteiger charge is 2.18. The molecule has 1 rings (SSSR count). The first-order chi connectivity index (χ1) is 7.41. The van der Waals surface area contributed by atoms with Gasteiger partial charge in [0.15, 0.2) is 5.78 Å². The van der Waals surface area contributed by atoms with E-state index in [1.165, 1.54) is 0 Å². The highest BCUT2D eigenvalue weighted by atomic mass is 16.4. The molecule has 0 aliphatic heterocycles. The van der Waals surface area contributed by atoms with Gasteiger partial charge in [0.25, 0.3) is 0 Å². The largest absolute Gasteiger partial charge is 0.481 e. The quantitative estimate of drug-likeness (QED) is 0.648. The van der Waals surface area contributed by atoms with Crippen LogP contribution in [0, 0.1) is 0 Å². The Morgan fingerprint density at radius 2 is 1.88 bits per heavy atom. The van der Waals surface area contributed by atoms with E-state index < -0.39 is 11.7 Å². The molecule has 0 saturated carbocycles. The first-order valence-electron chi connectivity index (χ1n) is 4.99. The number of hydrogen-bond acceptors (Lipinski definition) is 3. The van der Waals surface area contributed by atoms with Crippen molar-refractivity contribution in [2.75, 3.05) is 0 Å². The number of ketones is 1. The molecule has 1 aromatic heterocycles. The molecule has 0 saturated heterocycles. The van der Waals surface area contributed by atoms with Crippen molar-refractivity contribution in [3.05, 3.63) is 21.9 Å². The number of imidazole rings is 1. The Morgan fingerprint density at radius 1 is 1.25 bits per heavy atom. The van der Waals surface area contributed by atoms with E-state index in [1.807, 2.05) is 13.8 Å². The van der Waals surface area contributed by atoms with Crippen LogP contribution in [0.25, 0.3) is 0 Å². The van der Waals surface area contributed by atoms with E-state index in [-0.39, 0.29) is 30.2 Å². The minimum absolute atomic E-state index is 0.00253. The van der Waals surface area contributed by atoms with Crippen molar-refractivity contribution in [2.45, 2.75) is 32.6 Å². The van der Waals surface area contributed by atoms with E-state index in [0.29, 0.717) is 5.69 Å². The van der Waals surface area contributed by atoms with E-state index in [2.05, 4.69) is 9.97 Å². The van der Waals surface area contributed by atoms with Crippen LogP contribution in [-0.2, 0) is 4.79 Å². The second-order valence-electron chi connectivity index (χ2n) is 3.84. The van der Waals surface area contributed by atoms with Gasteiger partial charge in [-0.15, -0.1) is 0 Å². The molecule has 0 atom stereocenters. The highest BCUT2D eigenvalue weighted by Crippen LogP contribution is 2.15. The van der Waals surface area contributed by atoms with Gasteiger partial charge in [-0.05, 0) is 5.92 Å². The summed E-state index contributed by atoms with van der Waals surface area (Å²) in [5, 5.41) is 8.46. The van der Waals surface area contributed by atoms with Crippen LogP contribution in [0.5, 0.6) is 0 Å². The third-order valence-corrected chi connectivity index (χ3v) is 2.18. The van der Waals surface area contributed by atoms with Gasteiger partial charge in [0, 0.05) is 12.1 Å². The molecular formula is C10H14N2O4. The molecule has 0 fully saturated rings. The Kier molecular flexibility index (Phi) is 3.65.